The predicted octanol–water partition coefficient (Wildman–Crippen LogP) is 3.92. The Labute approximate surface area is 205 Å². The number of aliphatic hydroxyl groups excluding tert-OH is 2. The van der Waals surface area contributed by atoms with E-state index in [1.54, 1.807) is 27.7 Å². The molecule has 0 spiro atoms. The number of fused-ring (bicyclic) bond motifs is 1. The van der Waals surface area contributed by atoms with E-state index in [9.17, 15) is 19.8 Å². The lowest BCUT2D eigenvalue weighted by molar-refractivity contribution is -0.155. The van der Waals surface area contributed by atoms with Crippen molar-refractivity contribution in [2.45, 2.75) is 104 Å². The molecule has 0 aliphatic carbocycles. The number of cyclic esters (lactones) is 1. The number of esters is 1. The number of hydrogen-bond acceptors (Lipinski definition) is 8. The van der Waals surface area contributed by atoms with Gasteiger partial charge < -0.3 is 24.1 Å². The number of nitrogens with zero attached hydrogens (tertiary/aromatic N) is 1. The van der Waals surface area contributed by atoms with Crippen molar-refractivity contribution in [3.8, 4) is 0 Å². The lowest BCUT2D eigenvalue weighted by Crippen LogP contribution is -2.45. The molecule has 0 radical (unpaired) electrons. The smallest absolute Gasteiger partial charge is 0.309 e. The van der Waals surface area contributed by atoms with Gasteiger partial charge in [-0.15, -0.1) is 0 Å². The second-order valence-corrected chi connectivity index (χ2v) is 10.9. The number of carbonyl (C=O) groups is 2. The number of ether oxygens (including phenoxy) is 2. The summed E-state index contributed by atoms with van der Waals surface area (Å²) in [6.45, 7) is 10.2. The van der Waals surface area contributed by atoms with Crippen molar-refractivity contribution >= 4 is 17.8 Å². The number of oxazole rings is 1. The maximum absolute atomic E-state index is 15.2. The van der Waals surface area contributed by atoms with Crippen LogP contribution < -0.4 is 0 Å². The van der Waals surface area contributed by atoms with Crippen molar-refractivity contribution in [3.63, 3.8) is 0 Å². The summed E-state index contributed by atoms with van der Waals surface area (Å²) < 4.78 is 31.7. The van der Waals surface area contributed by atoms with Gasteiger partial charge in [-0.2, -0.15) is 0 Å². The van der Waals surface area contributed by atoms with E-state index in [0.29, 0.717) is 18.7 Å². The first-order valence-electron chi connectivity index (χ1n) is 12.3. The molecule has 3 unspecified atom stereocenters. The van der Waals surface area contributed by atoms with Gasteiger partial charge >= 0.3 is 5.97 Å². The summed E-state index contributed by atoms with van der Waals surface area (Å²) in [4.78, 5) is 29.9. The molecule has 196 valence electrons. The molecular weight excluding hydrogens is 457 g/mol. The highest BCUT2D eigenvalue weighted by molar-refractivity contribution is 5.88. The number of aryl methyl sites for hydroxylation is 1. The number of Topliss-reactive ketones (excluding diaryl/α,β-unsaturated/α-hetero) is 1. The maximum Gasteiger partial charge on any atom is 0.309 e. The van der Waals surface area contributed by atoms with Crippen molar-refractivity contribution < 1.29 is 38.1 Å². The highest BCUT2D eigenvalue weighted by Crippen LogP contribution is 2.45. The Morgan fingerprint density at radius 2 is 1.91 bits per heavy atom. The zero-order valence-corrected chi connectivity index (χ0v) is 21.4. The Balaban J connectivity index is 1.85. The van der Waals surface area contributed by atoms with Crippen LogP contribution in [-0.2, 0) is 19.1 Å². The van der Waals surface area contributed by atoms with Crippen LogP contribution in [0.3, 0.4) is 0 Å². The molecule has 7 atom stereocenters. The van der Waals surface area contributed by atoms with Gasteiger partial charge in [0.1, 0.15) is 23.6 Å². The molecule has 1 aromatic rings. The Morgan fingerprint density at radius 1 is 1.23 bits per heavy atom. The van der Waals surface area contributed by atoms with E-state index in [2.05, 4.69) is 4.98 Å². The molecule has 2 saturated heterocycles. The minimum absolute atomic E-state index is 0.106. The molecule has 3 heterocycles. The van der Waals surface area contributed by atoms with E-state index < -0.39 is 53.5 Å². The zero-order valence-electron chi connectivity index (χ0n) is 21.4. The van der Waals surface area contributed by atoms with Crippen molar-refractivity contribution in [1.82, 2.24) is 4.98 Å². The summed E-state index contributed by atoms with van der Waals surface area (Å²) in [5.41, 5.74) is -1.53. The molecule has 0 aromatic carbocycles. The molecule has 2 aliphatic rings. The van der Waals surface area contributed by atoms with Crippen LogP contribution in [0.15, 0.2) is 16.5 Å². The number of aromatic nitrogens is 1. The normalized spacial score (nSPS) is 37.5. The molecule has 8 nitrogen and oxygen atoms in total. The molecule has 35 heavy (non-hydrogen) atoms. The number of halogens is 1. The first-order chi connectivity index (χ1) is 16.2. The predicted molar refractivity (Wildman–Crippen MR) is 126 cm³/mol. The minimum Gasteiger partial charge on any atom is -0.455 e. The SMILES string of the molecule is Cc1nc(/C=C(\F)C2CC3O[C@]3(C)CCC[C@H](C)[C@H](O)[C@@H](C)C(=O)C(C)(C)C(O)CC(=O)O2)co1. The summed E-state index contributed by atoms with van der Waals surface area (Å²) in [6.07, 6.45) is 0.413. The molecule has 3 rings (SSSR count). The van der Waals surface area contributed by atoms with Gasteiger partial charge in [0.2, 0.25) is 0 Å². The Hall–Kier alpha value is -2.10. The van der Waals surface area contributed by atoms with Gasteiger partial charge in [-0.1, -0.05) is 34.1 Å². The van der Waals surface area contributed by atoms with Crippen molar-refractivity contribution in [3.05, 3.63) is 23.7 Å². The average Bonchev–Trinajstić information content (AvgIpc) is 3.22. The molecule has 2 fully saturated rings. The number of aliphatic hydroxyl groups is 2. The van der Waals surface area contributed by atoms with Gasteiger partial charge in [-0.25, -0.2) is 9.37 Å². The Kier molecular flexibility index (Phi) is 8.23. The summed E-state index contributed by atoms with van der Waals surface area (Å²) in [5.74, 6) is -2.37. The quantitative estimate of drug-likeness (QED) is 0.468. The van der Waals surface area contributed by atoms with Gasteiger partial charge in [0.25, 0.3) is 0 Å². The topological polar surface area (TPSA) is 122 Å². The third-order valence-electron chi connectivity index (χ3n) is 7.64. The van der Waals surface area contributed by atoms with E-state index in [-0.39, 0.29) is 29.9 Å². The van der Waals surface area contributed by atoms with Crippen LogP contribution in [0.4, 0.5) is 4.39 Å². The highest BCUT2D eigenvalue weighted by Gasteiger charge is 2.53. The van der Waals surface area contributed by atoms with E-state index in [4.69, 9.17) is 13.9 Å². The second kappa shape index (κ2) is 10.5. The lowest BCUT2D eigenvalue weighted by atomic mass is 9.73. The van der Waals surface area contributed by atoms with Crippen molar-refractivity contribution in [2.24, 2.45) is 17.3 Å². The molecule has 1 aromatic heterocycles. The molecule has 2 N–H and O–H groups in total. The zero-order chi connectivity index (χ0) is 26.1. The number of hydrogen-bond donors (Lipinski definition) is 2. The van der Waals surface area contributed by atoms with Crippen molar-refractivity contribution in [1.29, 1.82) is 0 Å². The number of rotatable bonds is 2. The van der Waals surface area contributed by atoms with Gasteiger partial charge in [-0.3, -0.25) is 9.59 Å². The van der Waals surface area contributed by atoms with Crippen LogP contribution in [0, 0.1) is 24.2 Å². The largest absolute Gasteiger partial charge is 0.455 e. The molecule has 0 amide bonds. The number of carbonyl (C=O) groups excluding carboxylic acids is 2. The van der Waals surface area contributed by atoms with E-state index >= 15 is 4.39 Å². The maximum atomic E-state index is 15.2. The van der Waals surface area contributed by atoms with Gasteiger partial charge in [0, 0.05) is 25.3 Å². The molecule has 0 saturated carbocycles. The van der Waals surface area contributed by atoms with Crippen LogP contribution in [0.25, 0.3) is 6.08 Å². The van der Waals surface area contributed by atoms with Crippen LogP contribution in [-0.4, -0.2) is 57.0 Å². The van der Waals surface area contributed by atoms with Crippen molar-refractivity contribution in [2.75, 3.05) is 0 Å². The molecule has 9 heteroatoms. The van der Waals surface area contributed by atoms with Crippen LogP contribution in [0.1, 0.15) is 78.3 Å². The fourth-order valence-corrected chi connectivity index (χ4v) is 4.86. The third-order valence-corrected chi connectivity index (χ3v) is 7.64. The molecule has 0 bridgehead atoms. The summed E-state index contributed by atoms with van der Waals surface area (Å²) >= 11 is 0. The van der Waals surface area contributed by atoms with Gasteiger partial charge in [-0.05, 0) is 25.7 Å². The Morgan fingerprint density at radius 3 is 2.54 bits per heavy atom. The standard InChI is InChI=1S/C26H38FNO7/c1-14-8-7-9-26(6)21(35-26)11-19(18(27)10-17-13-33-16(3)28-17)34-22(30)12-20(29)25(4,5)24(32)15(2)23(14)31/h10,13-15,19-21,23,29,31H,7-9,11-12H2,1-6H3/b18-10-/t14-,15+,19?,20?,21?,23-,26+/m0/s1. The highest BCUT2D eigenvalue weighted by atomic mass is 19.1. The average molecular weight is 496 g/mol. The molecular formula is C26H38FNO7. The number of epoxide rings is 1. The van der Waals surface area contributed by atoms with Crippen LogP contribution >= 0.6 is 0 Å². The lowest BCUT2D eigenvalue weighted by Gasteiger charge is -2.34. The minimum atomic E-state index is -1.37. The Bertz CT molecular complexity index is 957. The summed E-state index contributed by atoms with van der Waals surface area (Å²) in [7, 11) is 0. The fraction of sp³-hybridized carbons (Fsp3) is 0.731. The number of ketones is 1. The second-order valence-electron chi connectivity index (χ2n) is 10.9. The first-order valence-corrected chi connectivity index (χ1v) is 12.3. The summed E-state index contributed by atoms with van der Waals surface area (Å²) in [6, 6.07) is 0. The van der Waals surface area contributed by atoms with E-state index in [0.717, 1.165) is 12.5 Å². The first kappa shape index (κ1) is 27.5. The molecule has 2 aliphatic heterocycles. The fourth-order valence-electron chi connectivity index (χ4n) is 4.86. The van der Waals surface area contributed by atoms with Gasteiger partial charge in [0.15, 0.2) is 12.0 Å². The van der Waals surface area contributed by atoms with E-state index in [1.165, 1.54) is 6.26 Å². The van der Waals surface area contributed by atoms with E-state index in [1.807, 2.05) is 13.8 Å². The van der Waals surface area contributed by atoms with Gasteiger partial charge in [0.05, 0.1) is 35.7 Å². The van der Waals surface area contributed by atoms with Crippen LogP contribution in [0.5, 0.6) is 0 Å². The van der Waals surface area contributed by atoms with Crippen LogP contribution in [0.2, 0.25) is 0 Å². The third kappa shape index (κ3) is 6.37. The summed E-state index contributed by atoms with van der Waals surface area (Å²) in [5, 5.41) is 21.5. The monoisotopic (exact) mass is 495 g/mol.